The molecule has 0 aliphatic heterocycles. The monoisotopic (exact) mass is 357 g/mol. The molecule has 1 rings (SSSR count). The van der Waals surface area contributed by atoms with Crippen LogP contribution in [-0.2, 0) is 6.54 Å². The largest absolute Gasteiger partial charge is 0.383 e. The van der Waals surface area contributed by atoms with Gasteiger partial charge in [0.2, 0.25) is 0 Å². The molecular formula is C14H20BrN3OS. The van der Waals surface area contributed by atoms with E-state index >= 15 is 0 Å². The fourth-order valence-electron chi connectivity index (χ4n) is 1.74. The lowest BCUT2D eigenvalue weighted by molar-refractivity contribution is 0.657. The molecule has 0 saturated heterocycles. The predicted octanol–water partition coefficient (Wildman–Crippen LogP) is 2.97. The van der Waals surface area contributed by atoms with E-state index < -0.39 is 0 Å². The first-order chi connectivity index (χ1) is 9.70. The van der Waals surface area contributed by atoms with Gasteiger partial charge in [-0.3, -0.25) is 4.79 Å². The number of terminal acetylenes is 1. The van der Waals surface area contributed by atoms with Crippen LogP contribution in [0.25, 0.3) is 0 Å². The third kappa shape index (κ3) is 5.59. The fraction of sp³-hybridized carbons (Fsp3) is 0.571. The van der Waals surface area contributed by atoms with Crippen molar-refractivity contribution < 1.29 is 0 Å². The van der Waals surface area contributed by atoms with Gasteiger partial charge in [0.05, 0.1) is 11.9 Å². The normalized spacial score (nSPS) is 10.2. The Labute approximate surface area is 132 Å². The van der Waals surface area contributed by atoms with E-state index in [1.807, 2.05) is 11.8 Å². The summed E-state index contributed by atoms with van der Waals surface area (Å²) in [5.74, 6) is 3.64. The third-order valence-corrected chi connectivity index (χ3v) is 4.28. The molecular weight excluding hydrogens is 338 g/mol. The van der Waals surface area contributed by atoms with Gasteiger partial charge in [0, 0.05) is 6.54 Å². The van der Waals surface area contributed by atoms with Crippen molar-refractivity contribution in [2.45, 2.75) is 32.2 Å². The first kappa shape index (κ1) is 17.1. The highest BCUT2D eigenvalue weighted by Gasteiger charge is 2.07. The second-order valence-electron chi connectivity index (χ2n) is 4.37. The maximum atomic E-state index is 11.9. The van der Waals surface area contributed by atoms with Crippen molar-refractivity contribution in [1.29, 1.82) is 0 Å². The molecule has 20 heavy (non-hydrogen) atoms. The summed E-state index contributed by atoms with van der Waals surface area (Å²) in [7, 11) is 0. The molecule has 0 spiro atoms. The van der Waals surface area contributed by atoms with Crippen LogP contribution in [-0.4, -0.2) is 28.3 Å². The Morgan fingerprint density at radius 1 is 1.45 bits per heavy atom. The number of rotatable bonds is 9. The Bertz CT molecular complexity index is 510. The molecule has 0 atom stereocenters. The Hall–Kier alpha value is -0.930. The summed E-state index contributed by atoms with van der Waals surface area (Å²) in [6, 6.07) is 0. The first-order valence-corrected chi connectivity index (χ1v) is 8.81. The van der Waals surface area contributed by atoms with Crippen LogP contribution in [0.2, 0.25) is 0 Å². The molecule has 0 aliphatic carbocycles. The van der Waals surface area contributed by atoms with E-state index in [2.05, 4.69) is 38.5 Å². The lowest BCUT2D eigenvalue weighted by Crippen LogP contribution is -2.24. The lowest BCUT2D eigenvalue weighted by Gasteiger charge is -2.09. The van der Waals surface area contributed by atoms with Crippen LogP contribution in [0.1, 0.15) is 25.7 Å². The van der Waals surface area contributed by atoms with Crippen molar-refractivity contribution in [3.63, 3.8) is 0 Å². The maximum absolute atomic E-state index is 11.9. The zero-order valence-electron chi connectivity index (χ0n) is 11.7. The van der Waals surface area contributed by atoms with Gasteiger partial charge < -0.3 is 5.32 Å². The molecule has 1 aromatic heterocycles. The second-order valence-corrected chi connectivity index (χ2v) is 6.15. The molecule has 4 nitrogen and oxygen atoms in total. The quantitative estimate of drug-likeness (QED) is 0.545. The van der Waals surface area contributed by atoms with Crippen molar-refractivity contribution >= 4 is 33.4 Å². The Morgan fingerprint density at radius 3 is 2.90 bits per heavy atom. The molecule has 0 unspecified atom stereocenters. The van der Waals surface area contributed by atoms with Gasteiger partial charge in [-0.15, -0.1) is 6.42 Å². The molecule has 0 aromatic carbocycles. The van der Waals surface area contributed by atoms with Gasteiger partial charge in [0.1, 0.15) is 11.0 Å². The van der Waals surface area contributed by atoms with E-state index in [9.17, 15) is 4.79 Å². The highest BCUT2D eigenvalue weighted by molar-refractivity contribution is 9.10. The highest BCUT2D eigenvalue weighted by Crippen LogP contribution is 2.16. The predicted molar refractivity (Wildman–Crippen MR) is 90.4 cm³/mol. The number of halogens is 1. The summed E-state index contributed by atoms with van der Waals surface area (Å²) in [5.41, 5.74) is 0.528. The molecule has 1 N–H and O–H groups in total. The minimum absolute atomic E-state index is 0.188. The summed E-state index contributed by atoms with van der Waals surface area (Å²) in [5, 5.41) is 7.27. The van der Waals surface area contributed by atoms with Crippen LogP contribution in [0, 0.1) is 12.3 Å². The molecule has 0 amide bonds. The zero-order chi connectivity index (χ0) is 14.8. The maximum Gasteiger partial charge on any atom is 0.284 e. The van der Waals surface area contributed by atoms with Crippen molar-refractivity contribution in [3.8, 4) is 12.3 Å². The van der Waals surface area contributed by atoms with Crippen molar-refractivity contribution in [1.82, 2.24) is 9.78 Å². The van der Waals surface area contributed by atoms with E-state index in [4.69, 9.17) is 6.42 Å². The molecule has 110 valence electrons. The third-order valence-electron chi connectivity index (χ3n) is 2.82. The minimum atomic E-state index is -0.201. The summed E-state index contributed by atoms with van der Waals surface area (Å²) in [4.78, 5) is 11.9. The number of hydrogen-bond donors (Lipinski definition) is 1. The average Bonchev–Trinajstić information content (AvgIpc) is 2.45. The molecule has 0 aliphatic rings. The van der Waals surface area contributed by atoms with E-state index in [1.165, 1.54) is 29.7 Å². The Morgan fingerprint density at radius 2 is 2.20 bits per heavy atom. The number of unbranched alkanes of at least 4 members (excludes halogenated alkanes) is 3. The lowest BCUT2D eigenvalue weighted by atomic mass is 10.2. The van der Waals surface area contributed by atoms with E-state index in [1.54, 1.807) is 6.20 Å². The van der Waals surface area contributed by atoms with Crippen LogP contribution in [0.4, 0.5) is 5.69 Å². The van der Waals surface area contributed by atoms with Crippen LogP contribution in [0.5, 0.6) is 0 Å². The molecule has 1 aromatic rings. The van der Waals surface area contributed by atoms with Gasteiger partial charge >= 0.3 is 0 Å². The summed E-state index contributed by atoms with van der Waals surface area (Å²) >= 11 is 5.19. The van der Waals surface area contributed by atoms with Gasteiger partial charge in [-0.05, 0) is 40.8 Å². The number of anilines is 1. The summed E-state index contributed by atoms with van der Waals surface area (Å²) in [6.45, 7) is 1.03. The van der Waals surface area contributed by atoms with Gasteiger partial charge in [-0.1, -0.05) is 18.8 Å². The van der Waals surface area contributed by atoms with Crippen LogP contribution < -0.4 is 10.9 Å². The molecule has 0 radical (unpaired) electrons. The zero-order valence-corrected chi connectivity index (χ0v) is 14.1. The number of nitrogens with zero attached hydrogens (tertiary/aromatic N) is 2. The first-order valence-electron chi connectivity index (χ1n) is 6.62. The number of nitrogens with one attached hydrogen (secondary N) is 1. The topological polar surface area (TPSA) is 46.9 Å². The number of hydrogen-bond acceptors (Lipinski definition) is 4. The van der Waals surface area contributed by atoms with E-state index in [-0.39, 0.29) is 12.1 Å². The van der Waals surface area contributed by atoms with Gasteiger partial charge in [0.25, 0.3) is 5.56 Å². The van der Waals surface area contributed by atoms with Gasteiger partial charge in [-0.25, -0.2) is 4.68 Å². The highest BCUT2D eigenvalue weighted by atomic mass is 79.9. The summed E-state index contributed by atoms with van der Waals surface area (Å²) in [6.07, 6.45) is 13.8. The van der Waals surface area contributed by atoms with Gasteiger partial charge in [-0.2, -0.15) is 16.9 Å². The second kappa shape index (κ2) is 9.89. The van der Waals surface area contributed by atoms with E-state index in [0.29, 0.717) is 4.47 Å². The van der Waals surface area contributed by atoms with Crippen molar-refractivity contribution in [2.75, 3.05) is 23.9 Å². The van der Waals surface area contributed by atoms with Gasteiger partial charge in [0.15, 0.2) is 0 Å². The molecule has 0 fully saturated rings. The van der Waals surface area contributed by atoms with E-state index in [0.717, 1.165) is 18.7 Å². The average molecular weight is 358 g/mol. The minimum Gasteiger partial charge on any atom is -0.383 e. The number of thioether (sulfide) groups is 1. The van der Waals surface area contributed by atoms with Crippen LogP contribution in [0.3, 0.4) is 0 Å². The Kier molecular flexibility index (Phi) is 8.47. The number of aromatic nitrogens is 2. The van der Waals surface area contributed by atoms with Crippen LogP contribution in [0.15, 0.2) is 15.5 Å². The molecule has 0 saturated carbocycles. The summed E-state index contributed by atoms with van der Waals surface area (Å²) < 4.78 is 1.75. The smallest absolute Gasteiger partial charge is 0.284 e. The molecule has 0 bridgehead atoms. The molecule has 1 heterocycles. The fourth-order valence-corrected chi connectivity index (χ4v) is 2.68. The molecule has 6 heteroatoms. The van der Waals surface area contributed by atoms with Crippen LogP contribution >= 0.6 is 27.7 Å². The Balaban J connectivity index is 2.40. The SMILES string of the molecule is C#CCn1ncc(NCCCCCCSC)c(Br)c1=O. The standard InChI is InChI=1S/C14H20BrN3OS/c1-3-9-18-14(19)13(15)12(11-17-18)16-8-6-4-5-7-10-20-2/h1,11,16H,4-10H2,2H3. The van der Waals surface area contributed by atoms with Crippen molar-refractivity contribution in [2.24, 2.45) is 0 Å². The van der Waals surface area contributed by atoms with Crippen molar-refractivity contribution in [3.05, 3.63) is 21.0 Å².